The second kappa shape index (κ2) is 7.13. The SMILES string of the molecule is COc1ccc2cn(C[C@@]3(c4ccc(-c5nccs5)cc4)NC(=O)NC3=O)c(O)c2c1. The van der Waals surface area contributed by atoms with E-state index in [1.807, 2.05) is 23.6 Å². The summed E-state index contributed by atoms with van der Waals surface area (Å²) in [5, 5.41) is 20.0. The summed E-state index contributed by atoms with van der Waals surface area (Å²) in [7, 11) is 1.55. The molecule has 3 amide bonds. The van der Waals surface area contributed by atoms with Gasteiger partial charge in [0.2, 0.25) is 0 Å². The molecule has 0 saturated carbocycles. The maximum Gasteiger partial charge on any atom is 0.322 e. The lowest BCUT2D eigenvalue weighted by atomic mass is 9.89. The molecule has 1 aliphatic heterocycles. The van der Waals surface area contributed by atoms with Crippen molar-refractivity contribution in [2.45, 2.75) is 12.1 Å². The highest BCUT2D eigenvalue weighted by Gasteiger charge is 2.48. The van der Waals surface area contributed by atoms with Crippen LogP contribution in [0, 0.1) is 0 Å². The first-order valence-electron chi connectivity index (χ1n) is 9.50. The minimum Gasteiger partial charge on any atom is -0.497 e. The normalized spacial score (nSPS) is 18.2. The first kappa shape index (κ1) is 19.1. The molecule has 3 heterocycles. The first-order chi connectivity index (χ1) is 15.0. The molecule has 1 saturated heterocycles. The molecule has 1 atom stereocenters. The van der Waals surface area contributed by atoms with Crippen molar-refractivity contribution in [3.63, 3.8) is 0 Å². The molecule has 2 aromatic carbocycles. The highest BCUT2D eigenvalue weighted by molar-refractivity contribution is 7.13. The van der Waals surface area contributed by atoms with Crippen molar-refractivity contribution in [1.29, 1.82) is 0 Å². The van der Waals surface area contributed by atoms with Gasteiger partial charge in [-0.05, 0) is 23.8 Å². The Hall–Kier alpha value is -3.85. The average Bonchev–Trinajstić information content (AvgIpc) is 3.48. The largest absolute Gasteiger partial charge is 0.497 e. The summed E-state index contributed by atoms with van der Waals surface area (Å²) in [5.41, 5.74) is 0.154. The minimum absolute atomic E-state index is 0.0124. The molecule has 156 valence electrons. The Kier molecular flexibility index (Phi) is 4.40. The summed E-state index contributed by atoms with van der Waals surface area (Å²) in [6.07, 6.45) is 3.47. The smallest absolute Gasteiger partial charge is 0.322 e. The fraction of sp³-hybridized carbons (Fsp3) is 0.136. The van der Waals surface area contributed by atoms with Gasteiger partial charge >= 0.3 is 6.03 Å². The van der Waals surface area contributed by atoms with Crippen LogP contribution >= 0.6 is 11.3 Å². The molecule has 4 aromatic rings. The van der Waals surface area contributed by atoms with Gasteiger partial charge in [0.15, 0.2) is 11.4 Å². The number of aromatic hydroxyl groups is 1. The Balaban J connectivity index is 1.57. The minimum atomic E-state index is -1.37. The third kappa shape index (κ3) is 3.10. The van der Waals surface area contributed by atoms with Crippen LogP contribution in [0.25, 0.3) is 21.3 Å². The number of benzene rings is 2. The van der Waals surface area contributed by atoms with Crippen LogP contribution in [0.15, 0.2) is 60.2 Å². The summed E-state index contributed by atoms with van der Waals surface area (Å²) in [6, 6.07) is 12.1. The van der Waals surface area contributed by atoms with Crippen molar-refractivity contribution in [3.05, 3.63) is 65.8 Å². The average molecular weight is 434 g/mol. The summed E-state index contributed by atoms with van der Waals surface area (Å²) >= 11 is 1.52. The number of imide groups is 1. The Morgan fingerprint density at radius 3 is 2.65 bits per heavy atom. The maximum atomic E-state index is 12.9. The Morgan fingerprint density at radius 1 is 1.19 bits per heavy atom. The number of hydrogen-bond donors (Lipinski definition) is 3. The predicted octanol–water partition coefficient (Wildman–Crippen LogP) is 3.21. The number of carbonyl (C=O) groups excluding carboxylic acids is 2. The summed E-state index contributed by atoms with van der Waals surface area (Å²) in [4.78, 5) is 29.3. The summed E-state index contributed by atoms with van der Waals surface area (Å²) < 4.78 is 6.80. The number of nitrogens with one attached hydrogen (secondary N) is 2. The molecule has 1 fully saturated rings. The van der Waals surface area contributed by atoms with Crippen molar-refractivity contribution in [2.24, 2.45) is 0 Å². The lowest BCUT2D eigenvalue weighted by Crippen LogP contribution is -2.47. The van der Waals surface area contributed by atoms with Crippen LogP contribution in [-0.4, -0.2) is 33.7 Å². The zero-order chi connectivity index (χ0) is 21.6. The van der Waals surface area contributed by atoms with Gasteiger partial charge in [-0.2, -0.15) is 0 Å². The third-order valence-electron chi connectivity index (χ3n) is 5.47. The lowest BCUT2D eigenvalue weighted by molar-refractivity contribution is -0.124. The monoisotopic (exact) mass is 434 g/mol. The van der Waals surface area contributed by atoms with Crippen LogP contribution in [0.1, 0.15) is 5.56 Å². The van der Waals surface area contributed by atoms with E-state index >= 15 is 0 Å². The van der Waals surface area contributed by atoms with E-state index in [-0.39, 0.29) is 12.4 Å². The maximum absolute atomic E-state index is 12.9. The molecule has 3 N–H and O–H groups in total. The molecular weight excluding hydrogens is 416 g/mol. The summed E-state index contributed by atoms with van der Waals surface area (Å²) in [5.74, 6) is 0.121. The molecule has 1 aliphatic rings. The van der Waals surface area contributed by atoms with Crippen LogP contribution in [-0.2, 0) is 16.9 Å². The van der Waals surface area contributed by atoms with E-state index in [9.17, 15) is 14.7 Å². The van der Waals surface area contributed by atoms with Gasteiger partial charge < -0.3 is 19.7 Å². The van der Waals surface area contributed by atoms with E-state index in [1.165, 1.54) is 11.3 Å². The number of thiazole rings is 1. The standard InChI is InChI=1S/C22H18N4O4S/c1-30-16-7-4-14-11-26(19(27)17(14)10-16)12-22(20(28)24-21(29)25-22)15-5-2-13(3-6-15)18-23-8-9-31-18/h2-11,27H,12H2,1H3,(H2,24,25,28,29)/t22-/m0/s1. The van der Waals surface area contributed by atoms with E-state index < -0.39 is 17.5 Å². The highest BCUT2D eigenvalue weighted by Crippen LogP contribution is 2.35. The molecule has 0 aliphatic carbocycles. The second-order valence-corrected chi connectivity index (χ2v) is 8.16. The van der Waals surface area contributed by atoms with Gasteiger partial charge in [0.25, 0.3) is 5.91 Å². The molecule has 5 rings (SSSR count). The lowest BCUT2D eigenvalue weighted by Gasteiger charge is -2.27. The molecule has 8 nitrogen and oxygen atoms in total. The van der Waals surface area contributed by atoms with Gasteiger partial charge in [0.05, 0.1) is 13.7 Å². The number of carbonyl (C=O) groups is 2. The zero-order valence-electron chi connectivity index (χ0n) is 16.5. The highest BCUT2D eigenvalue weighted by atomic mass is 32.1. The van der Waals surface area contributed by atoms with Crippen molar-refractivity contribution < 1.29 is 19.4 Å². The van der Waals surface area contributed by atoms with Gasteiger partial charge in [-0.15, -0.1) is 11.3 Å². The molecule has 0 unspecified atom stereocenters. The van der Waals surface area contributed by atoms with Crippen LogP contribution in [0.5, 0.6) is 11.6 Å². The number of methoxy groups -OCH3 is 1. The second-order valence-electron chi connectivity index (χ2n) is 7.26. The number of fused-ring (bicyclic) bond motifs is 1. The van der Waals surface area contributed by atoms with Crippen LogP contribution in [0.3, 0.4) is 0 Å². The van der Waals surface area contributed by atoms with Crippen LogP contribution in [0.2, 0.25) is 0 Å². The van der Waals surface area contributed by atoms with Crippen molar-refractivity contribution in [3.8, 4) is 22.2 Å². The third-order valence-corrected chi connectivity index (χ3v) is 6.30. The van der Waals surface area contributed by atoms with Gasteiger partial charge in [-0.3, -0.25) is 10.1 Å². The molecule has 0 spiro atoms. The zero-order valence-corrected chi connectivity index (χ0v) is 17.3. The van der Waals surface area contributed by atoms with E-state index in [0.717, 1.165) is 16.0 Å². The van der Waals surface area contributed by atoms with Crippen molar-refractivity contribution >= 4 is 34.0 Å². The van der Waals surface area contributed by atoms with Gasteiger partial charge in [-0.25, -0.2) is 9.78 Å². The molecule has 2 aromatic heterocycles. The molecule has 31 heavy (non-hydrogen) atoms. The van der Waals surface area contributed by atoms with E-state index in [2.05, 4.69) is 15.6 Å². The number of amides is 3. The van der Waals surface area contributed by atoms with Gasteiger partial charge in [-0.1, -0.05) is 24.3 Å². The molecule has 0 bridgehead atoms. The van der Waals surface area contributed by atoms with E-state index in [1.54, 1.807) is 48.3 Å². The number of urea groups is 1. The Labute approximate surface area is 181 Å². The van der Waals surface area contributed by atoms with Crippen molar-refractivity contribution in [1.82, 2.24) is 20.2 Å². The molecular formula is C22H18N4O4S. The molecule has 9 heteroatoms. The predicted molar refractivity (Wildman–Crippen MR) is 116 cm³/mol. The van der Waals surface area contributed by atoms with Crippen LogP contribution in [0.4, 0.5) is 4.79 Å². The van der Waals surface area contributed by atoms with E-state index in [4.69, 9.17) is 4.74 Å². The Morgan fingerprint density at radius 2 is 2.00 bits per heavy atom. The van der Waals surface area contributed by atoms with Crippen LogP contribution < -0.4 is 15.4 Å². The number of ether oxygens (including phenoxy) is 1. The molecule has 0 radical (unpaired) electrons. The summed E-state index contributed by atoms with van der Waals surface area (Å²) in [6.45, 7) is 0.0179. The van der Waals surface area contributed by atoms with Gasteiger partial charge in [0, 0.05) is 34.1 Å². The number of nitrogens with zero attached hydrogens (tertiary/aromatic N) is 2. The number of aromatic nitrogens is 2. The topological polar surface area (TPSA) is 105 Å². The van der Waals surface area contributed by atoms with Gasteiger partial charge in [0.1, 0.15) is 10.8 Å². The quantitative estimate of drug-likeness (QED) is 0.418. The first-order valence-corrected chi connectivity index (χ1v) is 10.4. The Bertz CT molecular complexity index is 1300. The fourth-order valence-corrected chi connectivity index (χ4v) is 4.53. The van der Waals surface area contributed by atoms with Crippen molar-refractivity contribution in [2.75, 3.05) is 7.11 Å². The fourth-order valence-electron chi connectivity index (χ4n) is 3.89. The van der Waals surface area contributed by atoms with E-state index in [0.29, 0.717) is 16.7 Å². The number of rotatable bonds is 5. The number of hydrogen-bond acceptors (Lipinski definition) is 6.